The second kappa shape index (κ2) is 7.61. The van der Waals surface area contributed by atoms with E-state index in [0.717, 1.165) is 15.3 Å². The van der Waals surface area contributed by atoms with Gasteiger partial charge < -0.3 is 5.11 Å². The Labute approximate surface area is 141 Å². The average Bonchev–Trinajstić information content (AvgIpc) is 2.59. The van der Waals surface area contributed by atoms with Gasteiger partial charge in [-0.3, -0.25) is 4.31 Å². The third kappa shape index (κ3) is 4.33. The molecule has 0 spiro atoms. The molecule has 0 aromatic heterocycles. The molecule has 0 aliphatic heterocycles. The molecule has 6 heteroatoms. The summed E-state index contributed by atoms with van der Waals surface area (Å²) in [6, 6.07) is 14.7. The molecule has 2 aromatic carbocycles. The van der Waals surface area contributed by atoms with Crippen molar-refractivity contribution >= 4 is 27.8 Å². The fourth-order valence-electron chi connectivity index (χ4n) is 2.05. The van der Waals surface area contributed by atoms with Crippen molar-refractivity contribution in [1.82, 2.24) is 0 Å². The predicted octanol–water partition coefficient (Wildman–Crippen LogP) is 3.38. The lowest BCUT2D eigenvalue weighted by Crippen LogP contribution is -2.29. The molecule has 0 saturated heterocycles. The van der Waals surface area contributed by atoms with E-state index >= 15 is 0 Å². The van der Waals surface area contributed by atoms with E-state index in [9.17, 15) is 13.2 Å². The zero-order valence-corrected chi connectivity index (χ0v) is 13.7. The minimum Gasteiger partial charge on any atom is -0.478 e. The number of anilines is 1. The van der Waals surface area contributed by atoms with Gasteiger partial charge in [0.05, 0.1) is 23.2 Å². The van der Waals surface area contributed by atoms with Gasteiger partial charge >= 0.3 is 5.97 Å². The number of carbonyl (C=O) groups is 1. The fourth-order valence-corrected chi connectivity index (χ4v) is 3.25. The predicted molar refractivity (Wildman–Crippen MR) is 95.3 cm³/mol. The van der Waals surface area contributed by atoms with Gasteiger partial charge in [-0.05, 0) is 35.9 Å². The van der Waals surface area contributed by atoms with Crippen molar-refractivity contribution in [3.63, 3.8) is 0 Å². The van der Waals surface area contributed by atoms with Crippen LogP contribution in [0.4, 0.5) is 5.69 Å². The normalized spacial score (nSPS) is 11.3. The molecule has 5 nitrogen and oxygen atoms in total. The summed E-state index contributed by atoms with van der Waals surface area (Å²) in [7, 11) is -3.73. The van der Waals surface area contributed by atoms with Crippen molar-refractivity contribution in [3.8, 4) is 0 Å². The highest BCUT2D eigenvalue weighted by atomic mass is 32.2. The molecule has 2 aromatic rings. The second-order valence-electron chi connectivity index (χ2n) is 4.93. The Hall–Kier alpha value is -2.86. The van der Waals surface area contributed by atoms with Gasteiger partial charge in [-0.1, -0.05) is 36.4 Å². The molecule has 0 aliphatic rings. The SMILES string of the molecule is C=CCN(c1ccc(C(=O)O)cc1)S(=O)(=O)/C=C/c1ccccc1. The highest BCUT2D eigenvalue weighted by molar-refractivity contribution is 7.95. The van der Waals surface area contributed by atoms with Gasteiger partial charge in [0.25, 0.3) is 10.0 Å². The zero-order chi connectivity index (χ0) is 17.6. The quantitative estimate of drug-likeness (QED) is 0.782. The first-order chi connectivity index (χ1) is 11.4. The maximum atomic E-state index is 12.6. The van der Waals surface area contributed by atoms with E-state index in [1.807, 2.05) is 18.2 Å². The first-order valence-electron chi connectivity index (χ1n) is 7.14. The van der Waals surface area contributed by atoms with Gasteiger partial charge in [0.1, 0.15) is 0 Å². The van der Waals surface area contributed by atoms with Gasteiger partial charge in [-0.25, -0.2) is 13.2 Å². The van der Waals surface area contributed by atoms with Crippen molar-refractivity contribution in [3.05, 3.63) is 83.8 Å². The summed E-state index contributed by atoms with van der Waals surface area (Å²) in [6.45, 7) is 3.66. The Morgan fingerprint density at radius 3 is 2.25 bits per heavy atom. The molecular weight excluding hydrogens is 326 g/mol. The number of sulfonamides is 1. The summed E-state index contributed by atoms with van der Waals surface area (Å²) in [5.41, 5.74) is 1.23. The van der Waals surface area contributed by atoms with Gasteiger partial charge in [-0.15, -0.1) is 6.58 Å². The molecule has 0 radical (unpaired) electrons. The first kappa shape index (κ1) is 17.5. The van der Waals surface area contributed by atoms with E-state index in [2.05, 4.69) is 6.58 Å². The topological polar surface area (TPSA) is 74.7 Å². The average molecular weight is 343 g/mol. The van der Waals surface area contributed by atoms with E-state index < -0.39 is 16.0 Å². The lowest BCUT2D eigenvalue weighted by atomic mass is 10.2. The number of aromatic carboxylic acids is 1. The van der Waals surface area contributed by atoms with Crippen LogP contribution in [0.3, 0.4) is 0 Å². The summed E-state index contributed by atoms with van der Waals surface area (Å²) >= 11 is 0. The molecule has 124 valence electrons. The number of carboxylic acids is 1. The lowest BCUT2D eigenvalue weighted by Gasteiger charge is -2.21. The number of hydrogen-bond acceptors (Lipinski definition) is 3. The number of carboxylic acid groups (broad SMARTS) is 1. The Balaban J connectivity index is 2.33. The van der Waals surface area contributed by atoms with Gasteiger partial charge in [-0.2, -0.15) is 0 Å². The number of nitrogens with zero attached hydrogens (tertiary/aromatic N) is 1. The molecule has 2 rings (SSSR count). The van der Waals surface area contributed by atoms with E-state index in [1.165, 1.54) is 36.4 Å². The van der Waals surface area contributed by atoms with Crippen LogP contribution in [0.25, 0.3) is 6.08 Å². The molecule has 0 fully saturated rings. The van der Waals surface area contributed by atoms with Crippen molar-refractivity contribution < 1.29 is 18.3 Å². The van der Waals surface area contributed by atoms with Gasteiger partial charge in [0.2, 0.25) is 0 Å². The van der Waals surface area contributed by atoms with Crippen molar-refractivity contribution in [2.45, 2.75) is 0 Å². The minimum atomic E-state index is -3.73. The van der Waals surface area contributed by atoms with E-state index in [-0.39, 0.29) is 12.1 Å². The van der Waals surface area contributed by atoms with Crippen LogP contribution >= 0.6 is 0 Å². The lowest BCUT2D eigenvalue weighted by molar-refractivity contribution is 0.0697. The van der Waals surface area contributed by atoms with Gasteiger partial charge in [0.15, 0.2) is 0 Å². The number of rotatable bonds is 7. The van der Waals surface area contributed by atoms with Gasteiger partial charge in [0, 0.05) is 0 Å². The van der Waals surface area contributed by atoms with Crippen molar-refractivity contribution in [2.75, 3.05) is 10.8 Å². The first-order valence-corrected chi connectivity index (χ1v) is 8.64. The molecule has 24 heavy (non-hydrogen) atoms. The van der Waals surface area contributed by atoms with Crippen LogP contribution in [0.15, 0.2) is 72.7 Å². The highest BCUT2D eigenvalue weighted by Crippen LogP contribution is 2.20. The number of benzene rings is 2. The van der Waals surface area contributed by atoms with Crippen LogP contribution in [0.5, 0.6) is 0 Å². The monoisotopic (exact) mass is 343 g/mol. The fraction of sp³-hybridized carbons (Fsp3) is 0.0556. The maximum absolute atomic E-state index is 12.6. The maximum Gasteiger partial charge on any atom is 0.335 e. The third-order valence-electron chi connectivity index (χ3n) is 3.24. The largest absolute Gasteiger partial charge is 0.478 e. The van der Waals surface area contributed by atoms with Crippen LogP contribution in [0, 0.1) is 0 Å². The van der Waals surface area contributed by atoms with Crippen molar-refractivity contribution in [2.24, 2.45) is 0 Å². The molecule has 0 atom stereocenters. The third-order valence-corrected chi connectivity index (χ3v) is 4.69. The standard InChI is InChI=1S/C18H17NO4S/c1-2-13-19(17-10-8-16(9-11-17)18(20)21)24(22,23)14-12-15-6-4-3-5-7-15/h2-12,14H,1,13H2,(H,20,21)/b14-12+. The Morgan fingerprint density at radius 1 is 1.08 bits per heavy atom. The van der Waals surface area contributed by atoms with E-state index in [1.54, 1.807) is 12.1 Å². The highest BCUT2D eigenvalue weighted by Gasteiger charge is 2.18. The summed E-state index contributed by atoms with van der Waals surface area (Å²) in [5, 5.41) is 10.1. The van der Waals surface area contributed by atoms with Crippen LogP contribution in [0.1, 0.15) is 15.9 Å². The molecule has 0 aliphatic carbocycles. The van der Waals surface area contributed by atoms with E-state index in [0.29, 0.717) is 5.69 Å². The molecule has 0 heterocycles. The van der Waals surface area contributed by atoms with Crippen LogP contribution in [-0.2, 0) is 10.0 Å². The summed E-state index contributed by atoms with van der Waals surface area (Å²) in [5.74, 6) is -1.07. The van der Waals surface area contributed by atoms with Crippen LogP contribution in [-0.4, -0.2) is 26.0 Å². The molecular formula is C18H17NO4S. The molecule has 0 saturated carbocycles. The molecule has 0 unspecified atom stereocenters. The Kier molecular flexibility index (Phi) is 5.55. The molecule has 0 amide bonds. The summed E-state index contributed by atoms with van der Waals surface area (Å²) < 4.78 is 26.3. The smallest absolute Gasteiger partial charge is 0.335 e. The van der Waals surface area contributed by atoms with Crippen LogP contribution < -0.4 is 4.31 Å². The van der Waals surface area contributed by atoms with Crippen molar-refractivity contribution in [1.29, 1.82) is 0 Å². The Morgan fingerprint density at radius 2 is 1.71 bits per heavy atom. The van der Waals surface area contributed by atoms with Crippen LogP contribution in [0.2, 0.25) is 0 Å². The molecule has 1 N–H and O–H groups in total. The summed E-state index contributed by atoms with van der Waals surface area (Å²) in [4.78, 5) is 10.9. The molecule has 0 bridgehead atoms. The van der Waals surface area contributed by atoms with E-state index in [4.69, 9.17) is 5.11 Å². The zero-order valence-electron chi connectivity index (χ0n) is 12.9. The number of hydrogen-bond donors (Lipinski definition) is 1. The summed E-state index contributed by atoms with van der Waals surface area (Å²) in [6.07, 6.45) is 2.98. The second-order valence-corrected chi connectivity index (χ2v) is 6.67. The Bertz CT molecular complexity index is 840. The minimum absolute atomic E-state index is 0.0773.